The quantitative estimate of drug-likeness (QED) is 0.241. The Labute approximate surface area is 238 Å². The van der Waals surface area contributed by atoms with Crippen LogP contribution in [0.25, 0.3) is 0 Å². The van der Waals surface area contributed by atoms with E-state index in [1.807, 2.05) is 0 Å². The number of nitrogens with one attached hydrogen (secondary N) is 1. The SMILES string of the molecule is CC(CCC(=O)NCCS(=O)(=O)[O-])C1CCC2C3C(O)CC4CC(O)CC[C@]4(C)C3CC(O)[C@]12C.[Na+]. The summed E-state index contributed by atoms with van der Waals surface area (Å²) in [5.74, 6) is 0.522. The molecule has 4 saturated carbocycles. The molecular formula is C26H44NNaO7S. The van der Waals surface area contributed by atoms with Crippen molar-refractivity contribution in [3.63, 3.8) is 0 Å². The van der Waals surface area contributed by atoms with Gasteiger partial charge >= 0.3 is 29.6 Å². The van der Waals surface area contributed by atoms with Crippen LogP contribution < -0.4 is 34.9 Å². The summed E-state index contributed by atoms with van der Waals surface area (Å²) < 4.78 is 32.2. The van der Waals surface area contributed by atoms with Crippen LogP contribution in [0.15, 0.2) is 0 Å². The molecule has 4 rings (SSSR count). The third-order valence-electron chi connectivity index (χ3n) is 11.0. The van der Waals surface area contributed by atoms with Gasteiger partial charge in [0, 0.05) is 13.0 Å². The zero-order chi connectivity index (χ0) is 25.8. The van der Waals surface area contributed by atoms with Crippen LogP contribution >= 0.6 is 0 Å². The molecule has 11 atom stereocenters. The van der Waals surface area contributed by atoms with Gasteiger partial charge in [0.1, 0.15) is 0 Å². The van der Waals surface area contributed by atoms with Crippen molar-refractivity contribution in [3.8, 4) is 0 Å². The maximum absolute atomic E-state index is 12.2. The summed E-state index contributed by atoms with van der Waals surface area (Å²) in [4.78, 5) is 12.2. The predicted molar refractivity (Wildman–Crippen MR) is 130 cm³/mol. The molecule has 0 bridgehead atoms. The van der Waals surface area contributed by atoms with Gasteiger partial charge in [-0.15, -0.1) is 0 Å². The first-order valence-corrected chi connectivity index (χ1v) is 15.1. The normalized spacial score (nSPS) is 45.0. The minimum atomic E-state index is -4.35. The number of carbonyl (C=O) groups is 1. The summed E-state index contributed by atoms with van der Waals surface area (Å²) in [6, 6.07) is 0. The molecule has 4 aliphatic rings. The molecule has 8 nitrogen and oxygen atoms in total. The van der Waals surface area contributed by atoms with E-state index in [2.05, 4.69) is 26.1 Å². The Morgan fingerprint density at radius 3 is 2.44 bits per heavy atom. The third kappa shape index (κ3) is 5.74. The second-order valence-corrected chi connectivity index (χ2v) is 14.2. The second kappa shape index (κ2) is 11.4. The fourth-order valence-corrected chi connectivity index (χ4v) is 9.45. The number of aliphatic hydroxyl groups is 3. The van der Waals surface area contributed by atoms with Crippen molar-refractivity contribution in [2.45, 2.75) is 96.9 Å². The van der Waals surface area contributed by atoms with Crippen molar-refractivity contribution in [2.75, 3.05) is 12.3 Å². The molecule has 36 heavy (non-hydrogen) atoms. The molecule has 9 unspecified atom stereocenters. The minimum absolute atomic E-state index is 0. The predicted octanol–water partition coefficient (Wildman–Crippen LogP) is -0.970. The Kier molecular flexibility index (Phi) is 9.75. The summed E-state index contributed by atoms with van der Waals surface area (Å²) in [6.45, 7) is 6.48. The molecule has 0 aromatic heterocycles. The maximum Gasteiger partial charge on any atom is 1.00 e. The van der Waals surface area contributed by atoms with E-state index in [0.717, 1.165) is 38.5 Å². The average molecular weight is 538 g/mol. The number of carbonyl (C=O) groups excluding carboxylic acids is 1. The first-order valence-electron chi connectivity index (χ1n) is 13.5. The first-order chi connectivity index (χ1) is 16.3. The van der Waals surface area contributed by atoms with E-state index >= 15 is 0 Å². The average Bonchev–Trinajstić information content (AvgIpc) is 3.12. The summed E-state index contributed by atoms with van der Waals surface area (Å²) in [5, 5.41) is 35.7. The van der Waals surface area contributed by atoms with Crippen molar-refractivity contribution < 1.29 is 62.6 Å². The Bertz CT molecular complexity index is 903. The molecule has 0 aromatic carbocycles. The zero-order valence-corrected chi connectivity index (χ0v) is 25.2. The summed E-state index contributed by atoms with van der Waals surface area (Å²) in [5.41, 5.74) is -0.267. The minimum Gasteiger partial charge on any atom is -0.748 e. The molecule has 0 saturated heterocycles. The second-order valence-electron chi connectivity index (χ2n) is 12.7. The van der Waals surface area contributed by atoms with Crippen LogP contribution in [0.1, 0.15) is 78.6 Å². The Morgan fingerprint density at radius 2 is 1.78 bits per heavy atom. The summed E-state index contributed by atoms with van der Waals surface area (Å²) in [6.07, 6.45) is 5.58. The van der Waals surface area contributed by atoms with Crippen LogP contribution in [0, 0.1) is 46.3 Å². The van der Waals surface area contributed by atoms with Gasteiger partial charge in [-0.25, -0.2) is 8.42 Å². The van der Waals surface area contributed by atoms with E-state index < -0.39 is 28.1 Å². The van der Waals surface area contributed by atoms with E-state index in [9.17, 15) is 33.1 Å². The van der Waals surface area contributed by atoms with Gasteiger partial charge < -0.3 is 25.2 Å². The molecule has 0 aliphatic heterocycles. The summed E-state index contributed by atoms with van der Waals surface area (Å²) >= 11 is 0. The van der Waals surface area contributed by atoms with Gasteiger partial charge in [-0.2, -0.15) is 0 Å². The Balaban J connectivity index is 0.00000361. The number of fused-ring (bicyclic) bond motifs is 5. The molecule has 1 amide bonds. The molecule has 10 heteroatoms. The van der Waals surface area contributed by atoms with Crippen LogP contribution in [-0.4, -0.2) is 64.8 Å². The van der Waals surface area contributed by atoms with Gasteiger partial charge in [0.15, 0.2) is 0 Å². The summed E-state index contributed by atoms with van der Waals surface area (Å²) in [7, 11) is -4.35. The number of aliphatic hydroxyl groups excluding tert-OH is 3. The van der Waals surface area contributed by atoms with E-state index in [0.29, 0.717) is 18.8 Å². The van der Waals surface area contributed by atoms with Gasteiger partial charge in [-0.1, -0.05) is 20.8 Å². The van der Waals surface area contributed by atoms with E-state index in [1.165, 1.54) is 0 Å². The Hall–Kier alpha value is 0.260. The van der Waals surface area contributed by atoms with Crippen molar-refractivity contribution in [2.24, 2.45) is 46.3 Å². The number of amides is 1. The zero-order valence-electron chi connectivity index (χ0n) is 22.4. The molecule has 0 aromatic rings. The van der Waals surface area contributed by atoms with Crippen LogP contribution in [-0.2, 0) is 14.9 Å². The molecule has 0 heterocycles. The third-order valence-corrected chi connectivity index (χ3v) is 11.7. The fraction of sp³-hybridized carbons (Fsp3) is 0.962. The first kappa shape index (κ1) is 30.8. The van der Waals surface area contributed by atoms with Gasteiger partial charge in [-0.3, -0.25) is 4.79 Å². The monoisotopic (exact) mass is 537 g/mol. The van der Waals surface area contributed by atoms with Crippen LogP contribution in [0.4, 0.5) is 0 Å². The van der Waals surface area contributed by atoms with Gasteiger partial charge in [0.05, 0.1) is 34.2 Å². The van der Waals surface area contributed by atoms with Crippen LogP contribution in [0.3, 0.4) is 0 Å². The van der Waals surface area contributed by atoms with Gasteiger partial charge in [-0.05, 0) is 97.7 Å². The van der Waals surface area contributed by atoms with Crippen LogP contribution in [0.2, 0.25) is 0 Å². The van der Waals surface area contributed by atoms with Crippen molar-refractivity contribution in [1.82, 2.24) is 5.32 Å². The van der Waals surface area contributed by atoms with Crippen molar-refractivity contribution in [1.29, 1.82) is 0 Å². The van der Waals surface area contributed by atoms with E-state index in [-0.39, 0.29) is 95.0 Å². The van der Waals surface area contributed by atoms with E-state index in [1.54, 1.807) is 0 Å². The standard InChI is InChI=1S/C26H45NO7S.Na/c1-15(4-7-23(31)27-10-11-35(32,33)34)18-5-6-19-24-20(14-22(30)26(18,19)3)25(2)9-8-17(28)12-16(25)13-21(24)29;/h15-22,24,28-30H,4-14H2,1-3H3,(H,27,31)(H,32,33,34);/q;+1/p-1/t15?,16?,17?,18?,19?,20?,21?,22?,24?,25-,26+;/m0./s1. The molecule has 0 spiro atoms. The van der Waals surface area contributed by atoms with Crippen molar-refractivity contribution >= 4 is 16.0 Å². The topological polar surface area (TPSA) is 147 Å². The number of rotatable bonds is 7. The fourth-order valence-electron chi connectivity index (χ4n) is 9.10. The molecule has 202 valence electrons. The maximum atomic E-state index is 12.2. The van der Waals surface area contributed by atoms with Gasteiger partial charge in [0.2, 0.25) is 5.91 Å². The van der Waals surface area contributed by atoms with Crippen molar-refractivity contribution in [3.05, 3.63) is 0 Å². The molecule has 4 aliphatic carbocycles. The van der Waals surface area contributed by atoms with Gasteiger partial charge in [0.25, 0.3) is 0 Å². The molecule has 4 N–H and O–H groups in total. The van der Waals surface area contributed by atoms with E-state index in [4.69, 9.17) is 0 Å². The molecule has 0 radical (unpaired) electrons. The van der Waals surface area contributed by atoms with Crippen LogP contribution in [0.5, 0.6) is 0 Å². The Morgan fingerprint density at radius 1 is 1.08 bits per heavy atom. The number of hydrogen-bond acceptors (Lipinski definition) is 7. The largest absolute Gasteiger partial charge is 1.00 e. The molecule has 4 fully saturated rings. The number of hydrogen-bond donors (Lipinski definition) is 4. The smallest absolute Gasteiger partial charge is 0.748 e. The molecular weight excluding hydrogens is 493 g/mol.